The number of hydrogen-bond donors (Lipinski definition) is 1. The number of aromatic carboxylic acids is 1. The molecule has 1 heterocycles. The molecular weight excluding hydrogens is 256 g/mol. The van der Waals surface area contributed by atoms with Crippen molar-refractivity contribution in [1.29, 1.82) is 0 Å². The number of carboxylic acid groups (broad SMARTS) is 1. The Hall–Kier alpha value is -2.50. The molecule has 1 aromatic heterocycles. The summed E-state index contributed by atoms with van der Waals surface area (Å²) < 4.78 is 28.2. The molecule has 0 atom stereocenters. The number of aryl methyl sites for hydroxylation is 1. The molecule has 1 aromatic carbocycles. The number of pyridine rings is 1. The van der Waals surface area contributed by atoms with Crippen molar-refractivity contribution in [3.05, 3.63) is 63.6 Å². The molecular formula is C13H9F2NO3. The van der Waals surface area contributed by atoms with Crippen molar-refractivity contribution < 1.29 is 18.7 Å². The zero-order valence-electron chi connectivity index (χ0n) is 9.85. The zero-order chi connectivity index (χ0) is 14.2. The van der Waals surface area contributed by atoms with E-state index in [0.717, 1.165) is 24.4 Å². The van der Waals surface area contributed by atoms with Crippen molar-refractivity contribution in [2.75, 3.05) is 0 Å². The lowest BCUT2D eigenvalue weighted by atomic mass is 10.2. The predicted molar refractivity (Wildman–Crippen MR) is 63.7 cm³/mol. The summed E-state index contributed by atoms with van der Waals surface area (Å²) in [6.07, 6.45) is 0.894. The number of hydrogen-bond acceptors (Lipinski definition) is 2. The van der Waals surface area contributed by atoms with Gasteiger partial charge in [0.2, 0.25) is 0 Å². The lowest BCUT2D eigenvalue weighted by Gasteiger charge is -2.10. The first kappa shape index (κ1) is 12.9. The van der Waals surface area contributed by atoms with Crippen LogP contribution in [-0.4, -0.2) is 15.6 Å². The van der Waals surface area contributed by atoms with Gasteiger partial charge in [-0.2, -0.15) is 0 Å². The molecule has 0 bridgehead atoms. The van der Waals surface area contributed by atoms with Gasteiger partial charge in [-0.1, -0.05) is 6.07 Å². The fourth-order valence-electron chi connectivity index (χ4n) is 1.65. The first-order valence-electron chi connectivity index (χ1n) is 5.33. The van der Waals surface area contributed by atoms with Crippen molar-refractivity contribution in [2.45, 2.75) is 6.92 Å². The molecule has 0 fully saturated rings. The van der Waals surface area contributed by atoms with E-state index >= 15 is 0 Å². The summed E-state index contributed by atoms with van der Waals surface area (Å²) in [6, 6.07) is 4.28. The Morgan fingerprint density at radius 2 is 1.89 bits per heavy atom. The highest BCUT2D eigenvalue weighted by Gasteiger charge is 2.16. The van der Waals surface area contributed by atoms with E-state index in [1.54, 1.807) is 0 Å². The maximum atomic E-state index is 13.9. The Balaban J connectivity index is 2.79. The van der Waals surface area contributed by atoms with Crippen molar-refractivity contribution >= 4 is 5.97 Å². The molecule has 0 saturated carbocycles. The van der Waals surface area contributed by atoms with Gasteiger partial charge in [0.05, 0.1) is 5.56 Å². The van der Waals surface area contributed by atoms with E-state index in [1.807, 2.05) is 0 Å². The molecule has 0 spiro atoms. The van der Waals surface area contributed by atoms with E-state index in [0.29, 0.717) is 4.57 Å². The molecule has 0 amide bonds. The highest BCUT2D eigenvalue weighted by atomic mass is 19.1. The SMILES string of the molecule is Cc1ccc(F)c(-n2cc(C(=O)O)ccc2=O)c1F. The molecule has 19 heavy (non-hydrogen) atoms. The van der Waals surface area contributed by atoms with Crippen LogP contribution in [0.15, 0.2) is 35.3 Å². The minimum atomic E-state index is -1.29. The Bertz CT molecular complexity index is 722. The van der Waals surface area contributed by atoms with Crippen LogP contribution in [0.5, 0.6) is 0 Å². The average molecular weight is 265 g/mol. The van der Waals surface area contributed by atoms with E-state index < -0.39 is 28.9 Å². The van der Waals surface area contributed by atoms with Gasteiger partial charge >= 0.3 is 5.97 Å². The molecule has 0 radical (unpaired) electrons. The summed E-state index contributed by atoms with van der Waals surface area (Å²) in [6.45, 7) is 1.42. The molecule has 2 aromatic rings. The topological polar surface area (TPSA) is 59.3 Å². The van der Waals surface area contributed by atoms with Gasteiger partial charge in [0.15, 0.2) is 5.82 Å². The van der Waals surface area contributed by atoms with Crippen molar-refractivity contribution in [3.63, 3.8) is 0 Å². The highest BCUT2D eigenvalue weighted by molar-refractivity contribution is 5.87. The second-order valence-corrected chi connectivity index (χ2v) is 3.96. The molecule has 6 heteroatoms. The summed E-state index contributed by atoms with van der Waals surface area (Å²) in [5.41, 5.74) is -1.37. The summed E-state index contributed by atoms with van der Waals surface area (Å²) in [7, 11) is 0. The molecule has 1 N–H and O–H groups in total. The Labute approximate surface area is 106 Å². The summed E-state index contributed by atoms with van der Waals surface area (Å²) in [4.78, 5) is 22.5. The number of carbonyl (C=O) groups is 1. The number of halogens is 2. The molecule has 0 saturated heterocycles. The van der Waals surface area contributed by atoms with Gasteiger partial charge in [0.1, 0.15) is 11.5 Å². The maximum Gasteiger partial charge on any atom is 0.337 e. The van der Waals surface area contributed by atoms with Gasteiger partial charge in [-0.3, -0.25) is 9.36 Å². The van der Waals surface area contributed by atoms with Gasteiger partial charge in [-0.15, -0.1) is 0 Å². The van der Waals surface area contributed by atoms with E-state index in [-0.39, 0.29) is 11.1 Å². The van der Waals surface area contributed by atoms with Gasteiger partial charge in [0.25, 0.3) is 5.56 Å². The van der Waals surface area contributed by atoms with Crippen molar-refractivity contribution in [1.82, 2.24) is 4.57 Å². The summed E-state index contributed by atoms with van der Waals surface area (Å²) in [5, 5.41) is 8.84. The molecule has 0 aliphatic rings. The molecule has 4 nitrogen and oxygen atoms in total. The van der Waals surface area contributed by atoms with Crippen LogP contribution >= 0.6 is 0 Å². The zero-order valence-corrected chi connectivity index (χ0v) is 9.85. The monoisotopic (exact) mass is 265 g/mol. The third kappa shape index (κ3) is 2.24. The summed E-state index contributed by atoms with van der Waals surface area (Å²) in [5.74, 6) is -3.13. The van der Waals surface area contributed by atoms with Crippen LogP contribution in [0, 0.1) is 18.6 Å². The van der Waals surface area contributed by atoms with Crippen LogP contribution in [0.4, 0.5) is 8.78 Å². The molecule has 98 valence electrons. The average Bonchev–Trinajstić information content (AvgIpc) is 2.36. The second-order valence-electron chi connectivity index (χ2n) is 3.96. The lowest BCUT2D eigenvalue weighted by Crippen LogP contribution is -2.21. The van der Waals surface area contributed by atoms with Gasteiger partial charge in [0, 0.05) is 12.3 Å². The van der Waals surface area contributed by atoms with Crippen LogP contribution in [0.25, 0.3) is 5.69 Å². The fraction of sp³-hybridized carbons (Fsp3) is 0.0769. The number of rotatable bonds is 2. The second kappa shape index (κ2) is 4.64. The van der Waals surface area contributed by atoms with Crippen LogP contribution in [-0.2, 0) is 0 Å². The first-order valence-corrected chi connectivity index (χ1v) is 5.33. The predicted octanol–water partition coefficient (Wildman–Crippen LogP) is 2.12. The Morgan fingerprint density at radius 1 is 1.21 bits per heavy atom. The minimum absolute atomic E-state index is 0.157. The molecule has 0 aliphatic heterocycles. The van der Waals surface area contributed by atoms with E-state index in [4.69, 9.17) is 5.11 Å². The standard InChI is InChI=1S/C13H9F2NO3/c1-7-2-4-9(14)12(11(7)15)16-6-8(13(18)19)3-5-10(16)17/h2-6H,1H3,(H,18,19). The number of benzene rings is 1. The Morgan fingerprint density at radius 3 is 2.53 bits per heavy atom. The minimum Gasteiger partial charge on any atom is -0.478 e. The van der Waals surface area contributed by atoms with E-state index in [2.05, 4.69) is 0 Å². The smallest absolute Gasteiger partial charge is 0.337 e. The molecule has 2 rings (SSSR count). The number of aromatic nitrogens is 1. The lowest BCUT2D eigenvalue weighted by molar-refractivity contribution is 0.0696. The van der Waals surface area contributed by atoms with E-state index in [9.17, 15) is 18.4 Å². The molecule has 0 aliphatic carbocycles. The first-order chi connectivity index (χ1) is 8.91. The van der Waals surface area contributed by atoms with Crippen molar-refractivity contribution in [2.24, 2.45) is 0 Å². The van der Waals surface area contributed by atoms with Crippen LogP contribution in [0.2, 0.25) is 0 Å². The van der Waals surface area contributed by atoms with Crippen LogP contribution < -0.4 is 5.56 Å². The van der Waals surface area contributed by atoms with Gasteiger partial charge < -0.3 is 5.11 Å². The van der Waals surface area contributed by atoms with E-state index in [1.165, 1.54) is 13.0 Å². The third-order valence-corrected chi connectivity index (χ3v) is 2.66. The van der Waals surface area contributed by atoms with Crippen molar-refractivity contribution in [3.8, 4) is 5.69 Å². The highest BCUT2D eigenvalue weighted by Crippen LogP contribution is 2.19. The Kier molecular flexibility index (Phi) is 3.16. The van der Waals surface area contributed by atoms with Gasteiger partial charge in [-0.25, -0.2) is 13.6 Å². The summed E-state index contributed by atoms with van der Waals surface area (Å²) >= 11 is 0. The largest absolute Gasteiger partial charge is 0.478 e. The number of nitrogens with zero attached hydrogens (tertiary/aromatic N) is 1. The maximum absolute atomic E-state index is 13.9. The fourth-order valence-corrected chi connectivity index (χ4v) is 1.65. The quantitative estimate of drug-likeness (QED) is 0.904. The van der Waals surface area contributed by atoms with Crippen LogP contribution in [0.1, 0.15) is 15.9 Å². The number of carboxylic acids is 1. The third-order valence-electron chi connectivity index (χ3n) is 2.66. The normalized spacial score (nSPS) is 10.5. The van der Waals surface area contributed by atoms with Gasteiger partial charge in [-0.05, 0) is 24.6 Å². The van der Waals surface area contributed by atoms with Crippen LogP contribution in [0.3, 0.4) is 0 Å². The molecule has 0 unspecified atom stereocenters.